The van der Waals surface area contributed by atoms with Gasteiger partial charge < -0.3 is 19.3 Å². The zero-order chi connectivity index (χ0) is 17.4. The minimum Gasteiger partial charge on any atom is -0.497 e. The molecule has 0 spiro atoms. The molecule has 1 aromatic heterocycles. The quantitative estimate of drug-likeness (QED) is 0.826. The Bertz CT molecular complexity index is 827. The van der Waals surface area contributed by atoms with Crippen LogP contribution in [0.5, 0.6) is 5.75 Å². The highest BCUT2D eigenvalue weighted by atomic mass is 16.5. The third kappa shape index (κ3) is 2.69. The molecule has 25 heavy (non-hydrogen) atoms. The molecule has 4 rings (SSSR count). The summed E-state index contributed by atoms with van der Waals surface area (Å²) in [5.74, 6) is 0.367. The smallest absolute Gasteiger partial charge is 0.337 e. The Morgan fingerprint density at radius 2 is 2.16 bits per heavy atom. The van der Waals surface area contributed by atoms with E-state index in [9.17, 15) is 4.79 Å². The monoisotopic (exact) mass is 343 g/mol. The van der Waals surface area contributed by atoms with Crippen LogP contribution in [0.4, 0.5) is 0 Å². The van der Waals surface area contributed by atoms with E-state index < -0.39 is 6.10 Å². The number of hydrogen-bond acceptors (Lipinski definition) is 7. The minimum atomic E-state index is -0.475. The molecular weight excluding hydrogens is 326 g/mol. The molecule has 0 saturated carbocycles. The van der Waals surface area contributed by atoms with Crippen LogP contribution in [0.3, 0.4) is 0 Å². The number of carbonyl (C=O) groups excluding carboxylic acids is 1. The van der Waals surface area contributed by atoms with E-state index in [1.54, 1.807) is 18.0 Å². The Balaban J connectivity index is 1.69. The van der Waals surface area contributed by atoms with Gasteiger partial charge in [-0.1, -0.05) is 17.3 Å². The highest BCUT2D eigenvalue weighted by Gasteiger charge is 2.41. The van der Waals surface area contributed by atoms with E-state index in [4.69, 9.17) is 19.3 Å². The Morgan fingerprint density at radius 3 is 2.84 bits per heavy atom. The summed E-state index contributed by atoms with van der Waals surface area (Å²) in [6.07, 6.45) is 1.17. The highest BCUT2D eigenvalue weighted by molar-refractivity contribution is 5.92. The van der Waals surface area contributed by atoms with Gasteiger partial charge in [-0.15, -0.1) is 5.10 Å². The van der Waals surface area contributed by atoms with E-state index in [-0.39, 0.29) is 25.2 Å². The molecule has 0 fully saturated rings. The van der Waals surface area contributed by atoms with Crippen LogP contribution in [0.2, 0.25) is 0 Å². The second-order valence-electron chi connectivity index (χ2n) is 5.87. The number of methoxy groups -OCH3 is 1. The van der Waals surface area contributed by atoms with E-state index in [2.05, 4.69) is 10.3 Å². The molecule has 8 heteroatoms. The minimum absolute atomic E-state index is 0.171. The molecule has 2 aliphatic rings. The first-order chi connectivity index (χ1) is 12.2. The fourth-order valence-corrected chi connectivity index (χ4v) is 3.17. The van der Waals surface area contributed by atoms with Gasteiger partial charge in [-0.2, -0.15) is 0 Å². The van der Waals surface area contributed by atoms with Gasteiger partial charge in [0.15, 0.2) is 0 Å². The Morgan fingerprint density at radius 1 is 1.36 bits per heavy atom. The predicted octanol–water partition coefficient (Wildman–Crippen LogP) is 0.945. The summed E-state index contributed by atoms with van der Waals surface area (Å²) in [4.78, 5) is 12.4. The maximum atomic E-state index is 12.4. The number of nitrogens with zero attached hydrogens (tertiary/aromatic N) is 3. The summed E-state index contributed by atoms with van der Waals surface area (Å²) in [5.41, 5.74) is 2.68. The average Bonchev–Trinajstić information content (AvgIpc) is 3.30. The fraction of sp³-hybridized carbons (Fsp3) is 0.353. The van der Waals surface area contributed by atoms with Gasteiger partial charge in [-0.25, -0.2) is 9.48 Å². The molecule has 0 bridgehead atoms. The molecule has 1 N–H and O–H groups in total. The highest BCUT2D eigenvalue weighted by Crippen LogP contribution is 2.42. The van der Waals surface area contributed by atoms with Crippen molar-refractivity contribution in [2.75, 3.05) is 20.3 Å². The summed E-state index contributed by atoms with van der Waals surface area (Å²) >= 11 is 0. The molecule has 0 aliphatic carbocycles. The Labute approximate surface area is 143 Å². The zero-order valence-electron chi connectivity index (χ0n) is 13.6. The second-order valence-corrected chi connectivity index (χ2v) is 5.87. The number of aliphatic hydroxyl groups excluding tert-OH is 1. The Kier molecular flexibility index (Phi) is 3.98. The van der Waals surface area contributed by atoms with Crippen LogP contribution >= 0.6 is 0 Å². The van der Waals surface area contributed by atoms with Crippen molar-refractivity contribution in [3.63, 3.8) is 0 Å². The summed E-state index contributed by atoms with van der Waals surface area (Å²) in [6.45, 7) is 0.300. The molecule has 2 aromatic rings. The van der Waals surface area contributed by atoms with Crippen molar-refractivity contribution in [1.82, 2.24) is 15.0 Å². The van der Waals surface area contributed by atoms with E-state index in [0.717, 1.165) is 16.9 Å². The van der Waals surface area contributed by atoms with Crippen LogP contribution in [0.1, 0.15) is 23.4 Å². The van der Waals surface area contributed by atoms with Gasteiger partial charge in [0.25, 0.3) is 0 Å². The van der Waals surface area contributed by atoms with Gasteiger partial charge in [0.2, 0.25) is 0 Å². The first kappa shape index (κ1) is 15.8. The largest absolute Gasteiger partial charge is 0.497 e. The van der Waals surface area contributed by atoms with Gasteiger partial charge in [-0.05, 0) is 23.3 Å². The van der Waals surface area contributed by atoms with Crippen molar-refractivity contribution in [1.29, 1.82) is 0 Å². The van der Waals surface area contributed by atoms with Gasteiger partial charge in [0.1, 0.15) is 30.2 Å². The molecule has 8 nitrogen and oxygen atoms in total. The van der Waals surface area contributed by atoms with Crippen LogP contribution in [0.15, 0.2) is 41.6 Å². The molecule has 2 atom stereocenters. The first-order valence-electron chi connectivity index (χ1n) is 7.88. The zero-order valence-corrected chi connectivity index (χ0v) is 13.6. The molecule has 130 valence electrons. The third-order valence-electron chi connectivity index (χ3n) is 4.47. The SMILES string of the molecule is COc1ccc(C2OCC3=C2C(=O)OCC3n2cc(CO)nn2)cc1. The van der Waals surface area contributed by atoms with Crippen molar-refractivity contribution < 1.29 is 24.1 Å². The van der Waals surface area contributed by atoms with Crippen molar-refractivity contribution in [2.24, 2.45) is 0 Å². The summed E-state index contributed by atoms with van der Waals surface area (Å²) in [5, 5.41) is 17.1. The normalized spacial score (nSPS) is 22.7. The molecule has 1 aromatic carbocycles. The summed E-state index contributed by atoms with van der Waals surface area (Å²) < 4.78 is 18.0. The third-order valence-corrected chi connectivity index (χ3v) is 4.47. The number of benzene rings is 1. The number of cyclic esters (lactones) is 1. The Hall–Kier alpha value is -2.71. The lowest BCUT2D eigenvalue weighted by atomic mass is 9.94. The van der Waals surface area contributed by atoms with E-state index in [0.29, 0.717) is 17.9 Å². The van der Waals surface area contributed by atoms with E-state index in [1.807, 2.05) is 24.3 Å². The maximum Gasteiger partial charge on any atom is 0.337 e. The number of esters is 1. The second kappa shape index (κ2) is 6.30. The van der Waals surface area contributed by atoms with Crippen molar-refractivity contribution in [3.05, 3.63) is 52.9 Å². The number of aromatic nitrogens is 3. The molecule has 2 aliphatic heterocycles. The summed E-state index contributed by atoms with van der Waals surface area (Å²) in [6, 6.07) is 7.12. The molecular formula is C17H17N3O5. The van der Waals surface area contributed by atoms with E-state index in [1.165, 1.54) is 0 Å². The molecule has 3 heterocycles. The van der Waals surface area contributed by atoms with Gasteiger partial charge in [0, 0.05) is 0 Å². The fourth-order valence-electron chi connectivity index (χ4n) is 3.17. The summed E-state index contributed by atoms with van der Waals surface area (Å²) in [7, 11) is 1.60. The topological polar surface area (TPSA) is 95.7 Å². The molecule has 2 unspecified atom stereocenters. The average molecular weight is 343 g/mol. The first-order valence-corrected chi connectivity index (χ1v) is 7.88. The molecule has 0 radical (unpaired) electrons. The van der Waals surface area contributed by atoms with Gasteiger partial charge >= 0.3 is 5.97 Å². The van der Waals surface area contributed by atoms with E-state index >= 15 is 0 Å². The van der Waals surface area contributed by atoms with Crippen molar-refractivity contribution >= 4 is 5.97 Å². The van der Waals surface area contributed by atoms with Crippen LogP contribution < -0.4 is 4.74 Å². The van der Waals surface area contributed by atoms with Crippen molar-refractivity contribution in [3.8, 4) is 5.75 Å². The maximum absolute atomic E-state index is 12.4. The molecule has 0 amide bonds. The van der Waals surface area contributed by atoms with Gasteiger partial charge in [-0.3, -0.25) is 0 Å². The lowest BCUT2D eigenvalue weighted by Crippen LogP contribution is -2.29. The number of rotatable bonds is 4. The molecule has 0 saturated heterocycles. The van der Waals surface area contributed by atoms with Crippen LogP contribution in [0.25, 0.3) is 0 Å². The number of aliphatic hydroxyl groups is 1. The predicted molar refractivity (Wildman–Crippen MR) is 84.7 cm³/mol. The number of hydrogen-bond donors (Lipinski definition) is 1. The van der Waals surface area contributed by atoms with Crippen molar-refractivity contribution in [2.45, 2.75) is 18.8 Å². The number of ether oxygens (including phenoxy) is 3. The van der Waals surface area contributed by atoms with Crippen LogP contribution in [0, 0.1) is 0 Å². The van der Waals surface area contributed by atoms with Crippen LogP contribution in [-0.2, 0) is 20.9 Å². The lowest BCUT2D eigenvalue weighted by Gasteiger charge is -2.24. The van der Waals surface area contributed by atoms with Gasteiger partial charge in [0.05, 0.1) is 32.1 Å². The number of carbonyl (C=O) groups is 1. The standard InChI is InChI=1S/C17H17N3O5/c1-23-12-4-2-10(3-5-12)16-15-13(8-24-16)14(9-25-17(15)22)20-6-11(7-21)18-19-20/h2-6,14,16,21H,7-9H2,1H3. The van der Waals surface area contributed by atoms with Crippen LogP contribution in [-0.4, -0.2) is 46.4 Å². The lowest BCUT2D eigenvalue weighted by molar-refractivity contribution is -0.142.